The molecule has 122 valence electrons. The number of hydrogen-bond donors (Lipinski definition) is 1. The lowest BCUT2D eigenvalue weighted by molar-refractivity contribution is -0.0805. The summed E-state index contributed by atoms with van der Waals surface area (Å²) in [6.07, 6.45) is 8.39. The van der Waals surface area contributed by atoms with Crippen LogP contribution in [-0.2, 0) is 4.74 Å². The van der Waals surface area contributed by atoms with E-state index in [-0.39, 0.29) is 11.2 Å². The highest BCUT2D eigenvalue weighted by Gasteiger charge is 2.53. The molecule has 1 N–H and O–H groups in total. The van der Waals surface area contributed by atoms with Crippen LogP contribution in [-0.4, -0.2) is 23.8 Å². The topological polar surface area (TPSA) is 21.3 Å². The number of hydrogen-bond acceptors (Lipinski definition) is 2. The maximum absolute atomic E-state index is 6.41. The molecule has 5 atom stereocenters. The molecule has 0 radical (unpaired) electrons. The van der Waals surface area contributed by atoms with Gasteiger partial charge in [0.1, 0.15) is 0 Å². The second-order valence-electron chi connectivity index (χ2n) is 9.09. The van der Waals surface area contributed by atoms with Crippen LogP contribution in [0.1, 0.15) is 73.1 Å². The average Bonchev–Trinajstić information content (AvgIpc) is 3.03. The van der Waals surface area contributed by atoms with Crippen molar-refractivity contribution in [2.45, 2.75) is 90.4 Å². The molecule has 1 aliphatic heterocycles. The summed E-state index contributed by atoms with van der Waals surface area (Å²) in [6, 6.07) is 0.664. The first-order valence-corrected chi connectivity index (χ1v) is 9.26. The molecule has 0 aromatic carbocycles. The van der Waals surface area contributed by atoms with Gasteiger partial charge in [-0.3, -0.25) is 0 Å². The van der Waals surface area contributed by atoms with Crippen LogP contribution in [0.4, 0.5) is 0 Å². The summed E-state index contributed by atoms with van der Waals surface area (Å²) in [6.45, 7) is 12.6. The molecule has 3 fully saturated rings. The minimum Gasteiger partial charge on any atom is -0.369 e. The quantitative estimate of drug-likeness (QED) is 0.812. The fraction of sp³-hybridized carbons (Fsp3) is 1.00. The third-order valence-electron chi connectivity index (χ3n) is 6.46. The first-order valence-electron chi connectivity index (χ1n) is 9.26. The van der Waals surface area contributed by atoms with Crippen molar-refractivity contribution in [3.63, 3.8) is 0 Å². The number of nitrogens with one attached hydrogen (secondary N) is 1. The molecule has 21 heavy (non-hydrogen) atoms. The van der Waals surface area contributed by atoms with Gasteiger partial charge in [0.15, 0.2) is 0 Å². The van der Waals surface area contributed by atoms with Crippen molar-refractivity contribution in [2.75, 3.05) is 6.54 Å². The smallest absolute Gasteiger partial charge is 0.0677 e. The largest absolute Gasteiger partial charge is 0.369 e. The Morgan fingerprint density at radius 3 is 2.38 bits per heavy atom. The standard InChI is InChI=1S/C19H35NO/c1-6-9-20-17(15-11-13-7-8-14(15)10-13)16-12-18(2,3)21-19(16,4)5/h13-17,20H,6-12H2,1-5H3. The van der Waals surface area contributed by atoms with E-state index >= 15 is 0 Å². The first-order chi connectivity index (χ1) is 9.82. The second kappa shape index (κ2) is 5.53. The molecule has 2 bridgehead atoms. The molecular formula is C19H35NO. The predicted molar refractivity (Wildman–Crippen MR) is 88.4 cm³/mol. The third kappa shape index (κ3) is 3.03. The van der Waals surface area contributed by atoms with E-state index in [9.17, 15) is 0 Å². The summed E-state index contributed by atoms with van der Waals surface area (Å²) >= 11 is 0. The minimum absolute atomic E-state index is 0.0107. The summed E-state index contributed by atoms with van der Waals surface area (Å²) in [7, 11) is 0. The Balaban J connectivity index is 1.79. The second-order valence-corrected chi connectivity index (χ2v) is 9.09. The monoisotopic (exact) mass is 293 g/mol. The zero-order valence-electron chi connectivity index (χ0n) is 14.7. The maximum Gasteiger partial charge on any atom is 0.0677 e. The van der Waals surface area contributed by atoms with Gasteiger partial charge >= 0.3 is 0 Å². The predicted octanol–water partition coefficient (Wildman–Crippen LogP) is 4.38. The molecule has 2 heteroatoms. The van der Waals surface area contributed by atoms with Gasteiger partial charge in [-0.2, -0.15) is 0 Å². The highest BCUT2D eigenvalue weighted by atomic mass is 16.5. The average molecular weight is 293 g/mol. The Labute approximate surface area is 131 Å². The SMILES string of the molecule is CCCNC(C1CC2CCC1C2)C1CC(C)(C)OC1(C)C. The van der Waals surface area contributed by atoms with Crippen molar-refractivity contribution in [3.8, 4) is 0 Å². The Bertz CT molecular complexity index is 376. The summed E-state index contributed by atoms with van der Waals surface area (Å²) in [5, 5.41) is 3.95. The number of rotatable bonds is 5. The van der Waals surface area contributed by atoms with Crippen molar-refractivity contribution in [1.29, 1.82) is 0 Å². The molecule has 0 aromatic heterocycles. The minimum atomic E-state index is 0.0107. The molecule has 1 saturated heterocycles. The van der Waals surface area contributed by atoms with Crippen LogP contribution in [0, 0.1) is 23.7 Å². The Kier molecular flexibility index (Phi) is 4.16. The lowest BCUT2D eigenvalue weighted by Crippen LogP contribution is -2.50. The van der Waals surface area contributed by atoms with Gasteiger partial charge in [-0.25, -0.2) is 0 Å². The van der Waals surface area contributed by atoms with Gasteiger partial charge in [0.25, 0.3) is 0 Å². The Morgan fingerprint density at radius 2 is 1.90 bits per heavy atom. The van der Waals surface area contributed by atoms with Crippen molar-refractivity contribution in [3.05, 3.63) is 0 Å². The van der Waals surface area contributed by atoms with Gasteiger partial charge < -0.3 is 10.1 Å². The lowest BCUT2D eigenvalue weighted by atomic mass is 9.71. The van der Waals surface area contributed by atoms with Crippen LogP contribution in [0.2, 0.25) is 0 Å². The molecular weight excluding hydrogens is 258 g/mol. The Morgan fingerprint density at radius 1 is 1.14 bits per heavy atom. The van der Waals surface area contributed by atoms with Gasteiger partial charge in [0, 0.05) is 12.0 Å². The van der Waals surface area contributed by atoms with Gasteiger partial charge in [0.05, 0.1) is 11.2 Å². The van der Waals surface area contributed by atoms with E-state index in [1.165, 1.54) is 38.5 Å². The van der Waals surface area contributed by atoms with E-state index in [1.54, 1.807) is 0 Å². The van der Waals surface area contributed by atoms with E-state index in [0.29, 0.717) is 12.0 Å². The van der Waals surface area contributed by atoms with Crippen molar-refractivity contribution in [1.82, 2.24) is 5.32 Å². The van der Waals surface area contributed by atoms with Crippen molar-refractivity contribution < 1.29 is 4.74 Å². The molecule has 2 saturated carbocycles. The first kappa shape index (κ1) is 15.8. The van der Waals surface area contributed by atoms with Crippen molar-refractivity contribution in [2.24, 2.45) is 23.7 Å². The summed E-state index contributed by atoms with van der Waals surface area (Å²) in [5.74, 6) is 3.58. The summed E-state index contributed by atoms with van der Waals surface area (Å²) in [5.41, 5.74) is 0.0503. The molecule has 3 aliphatic rings. The van der Waals surface area contributed by atoms with Gasteiger partial charge in [-0.15, -0.1) is 0 Å². The molecule has 0 spiro atoms. The van der Waals surface area contributed by atoms with Crippen LogP contribution in [0.25, 0.3) is 0 Å². The lowest BCUT2D eigenvalue weighted by Gasteiger charge is -2.40. The maximum atomic E-state index is 6.41. The number of ether oxygens (including phenoxy) is 1. The van der Waals surface area contributed by atoms with Crippen LogP contribution in [0.5, 0.6) is 0 Å². The summed E-state index contributed by atoms with van der Waals surface area (Å²) in [4.78, 5) is 0. The molecule has 1 heterocycles. The normalized spacial score (nSPS) is 41.6. The van der Waals surface area contributed by atoms with E-state index in [0.717, 1.165) is 24.3 Å². The molecule has 3 rings (SSSR count). The van der Waals surface area contributed by atoms with Crippen LogP contribution >= 0.6 is 0 Å². The molecule has 2 nitrogen and oxygen atoms in total. The van der Waals surface area contributed by atoms with Crippen LogP contribution in [0.15, 0.2) is 0 Å². The van der Waals surface area contributed by atoms with E-state index in [4.69, 9.17) is 4.74 Å². The van der Waals surface area contributed by atoms with Gasteiger partial charge in [0.2, 0.25) is 0 Å². The molecule has 5 unspecified atom stereocenters. The fourth-order valence-electron chi connectivity index (χ4n) is 5.80. The van der Waals surface area contributed by atoms with Gasteiger partial charge in [-0.05, 0) is 84.1 Å². The zero-order valence-corrected chi connectivity index (χ0v) is 14.7. The van der Waals surface area contributed by atoms with E-state index in [1.807, 2.05) is 0 Å². The molecule has 2 aliphatic carbocycles. The highest BCUT2D eigenvalue weighted by molar-refractivity contribution is 5.05. The summed E-state index contributed by atoms with van der Waals surface area (Å²) < 4.78 is 6.41. The van der Waals surface area contributed by atoms with Crippen LogP contribution < -0.4 is 5.32 Å². The van der Waals surface area contributed by atoms with E-state index in [2.05, 4.69) is 39.9 Å². The van der Waals surface area contributed by atoms with Crippen LogP contribution in [0.3, 0.4) is 0 Å². The molecule has 0 amide bonds. The highest BCUT2D eigenvalue weighted by Crippen LogP contribution is 2.54. The zero-order chi connectivity index (χ0) is 15.3. The van der Waals surface area contributed by atoms with Gasteiger partial charge in [-0.1, -0.05) is 13.3 Å². The Hall–Kier alpha value is -0.0800. The molecule has 0 aromatic rings. The third-order valence-corrected chi connectivity index (χ3v) is 6.46. The fourth-order valence-corrected chi connectivity index (χ4v) is 5.80. The number of fused-ring (bicyclic) bond motifs is 2. The van der Waals surface area contributed by atoms with E-state index < -0.39 is 0 Å². The van der Waals surface area contributed by atoms with Crippen molar-refractivity contribution >= 4 is 0 Å².